The number of benzene rings is 1. The molecular formula is C15H17BrN4S. The van der Waals surface area contributed by atoms with Gasteiger partial charge in [0.05, 0.1) is 20.4 Å². The van der Waals surface area contributed by atoms with E-state index in [1.165, 1.54) is 0 Å². The second-order valence-corrected chi connectivity index (χ2v) is 8.06. The van der Waals surface area contributed by atoms with Gasteiger partial charge in [-0.1, -0.05) is 44.2 Å². The van der Waals surface area contributed by atoms with E-state index in [-0.39, 0.29) is 5.41 Å². The van der Waals surface area contributed by atoms with Gasteiger partial charge in [-0.05, 0) is 39.9 Å². The van der Waals surface area contributed by atoms with E-state index < -0.39 is 0 Å². The van der Waals surface area contributed by atoms with Crippen LogP contribution in [0.1, 0.15) is 26.5 Å². The highest BCUT2D eigenvalue weighted by Crippen LogP contribution is 2.33. The number of nitrogens with two attached hydrogens (primary N) is 1. The molecule has 0 saturated carbocycles. The van der Waals surface area contributed by atoms with Crippen molar-refractivity contribution in [1.29, 1.82) is 0 Å². The van der Waals surface area contributed by atoms with Crippen molar-refractivity contribution >= 4 is 43.3 Å². The van der Waals surface area contributed by atoms with E-state index in [0.717, 1.165) is 31.9 Å². The average Bonchev–Trinajstić information content (AvgIpc) is 2.93. The molecule has 0 aliphatic carbocycles. The summed E-state index contributed by atoms with van der Waals surface area (Å²) in [6.07, 6.45) is 0.857. The van der Waals surface area contributed by atoms with Gasteiger partial charge in [-0.15, -0.1) is 0 Å². The maximum absolute atomic E-state index is 6.20. The third-order valence-electron chi connectivity index (χ3n) is 3.09. The van der Waals surface area contributed by atoms with E-state index in [9.17, 15) is 0 Å². The average molecular weight is 365 g/mol. The fraction of sp³-hybridized carbons (Fsp3) is 0.333. The monoisotopic (exact) mass is 364 g/mol. The predicted molar refractivity (Wildman–Crippen MR) is 92.0 cm³/mol. The molecule has 2 N–H and O–H groups in total. The SMILES string of the molecule is CC(C)(C)Cc1nn(-c2nc3ccccc3s2)c(N)c1Br. The molecule has 0 bridgehead atoms. The summed E-state index contributed by atoms with van der Waals surface area (Å²) >= 11 is 5.16. The van der Waals surface area contributed by atoms with E-state index >= 15 is 0 Å². The molecular weight excluding hydrogens is 348 g/mol. The fourth-order valence-electron chi connectivity index (χ4n) is 2.17. The zero-order valence-electron chi connectivity index (χ0n) is 12.2. The number of thiazole rings is 1. The van der Waals surface area contributed by atoms with Crippen molar-refractivity contribution in [3.63, 3.8) is 0 Å². The van der Waals surface area contributed by atoms with Crippen LogP contribution in [0.2, 0.25) is 0 Å². The van der Waals surface area contributed by atoms with Gasteiger partial charge in [0.25, 0.3) is 0 Å². The molecule has 0 fully saturated rings. The first-order chi connectivity index (χ1) is 9.85. The number of fused-ring (bicyclic) bond motifs is 1. The lowest BCUT2D eigenvalue weighted by Gasteiger charge is -2.16. The Morgan fingerprint density at radius 1 is 1.29 bits per heavy atom. The molecule has 6 heteroatoms. The molecule has 0 radical (unpaired) electrons. The first-order valence-electron chi connectivity index (χ1n) is 6.74. The van der Waals surface area contributed by atoms with Crippen LogP contribution < -0.4 is 5.73 Å². The number of hydrogen-bond acceptors (Lipinski definition) is 4. The Hall–Kier alpha value is -1.40. The van der Waals surface area contributed by atoms with Crippen molar-refractivity contribution in [2.75, 3.05) is 5.73 Å². The zero-order chi connectivity index (χ0) is 15.2. The van der Waals surface area contributed by atoms with Gasteiger partial charge in [-0.2, -0.15) is 9.78 Å². The number of nitrogen functional groups attached to an aromatic ring is 1. The summed E-state index contributed by atoms with van der Waals surface area (Å²) in [7, 11) is 0. The highest BCUT2D eigenvalue weighted by atomic mass is 79.9. The van der Waals surface area contributed by atoms with Gasteiger partial charge in [-0.3, -0.25) is 0 Å². The van der Waals surface area contributed by atoms with Gasteiger partial charge in [0, 0.05) is 0 Å². The number of aromatic nitrogens is 3. The minimum atomic E-state index is 0.154. The number of rotatable bonds is 2. The molecule has 0 aliphatic heterocycles. The zero-order valence-corrected chi connectivity index (χ0v) is 14.6. The Labute approximate surface area is 136 Å². The van der Waals surface area contributed by atoms with Crippen LogP contribution in [-0.2, 0) is 6.42 Å². The van der Waals surface area contributed by atoms with Gasteiger partial charge >= 0.3 is 0 Å². The lowest BCUT2D eigenvalue weighted by atomic mass is 9.91. The Morgan fingerprint density at radius 3 is 2.67 bits per heavy atom. The van der Waals surface area contributed by atoms with Gasteiger partial charge in [-0.25, -0.2) is 4.98 Å². The van der Waals surface area contributed by atoms with E-state index in [2.05, 4.69) is 52.9 Å². The van der Waals surface area contributed by atoms with Crippen LogP contribution in [0.4, 0.5) is 5.82 Å². The molecule has 0 saturated heterocycles. The molecule has 0 unspecified atom stereocenters. The van der Waals surface area contributed by atoms with Crippen molar-refractivity contribution in [3.05, 3.63) is 34.4 Å². The van der Waals surface area contributed by atoms with E-state index in [4.69, 9.17) is 5.73 Å². The van der Waals surface area contributed by atoms with Crippen LogP contribution >= 0.6 is 27.3 Å². The quantitative estimate of drug-likeness (QED) is 0.732. The second kappa shape index (κ2) is 5.10. The Kier molecular flexibility index (Phi) is 3.53. The largest absolute Gasteiger partial charge is 0.383 e. The van der Waals surface area contributed by atoms with Gasteiger partial charge < -0.3 is 5.73 Å². The summed E-state index contributed by atoms with van der Waals surface area (Å²) in [5, 5.41) is 5.45. The molecule has 21 heavy (non-hydrogen) atoms. The number of anilines is 1. The van der Waals surface area contributed by atoms with Crippen LogP contribution in [0.5, 0.6) is 0 Å². The molecule has 0 spiro atoms. The summed E-state index contributed by atoms with van der Waals surface area (Å²) in [4.78, 5) is 4.61. The molecule has 0 aliphatic rings. The van der Waals surface area contributed by atoms with E-state index in [0.29, 0.717) is 5.82 Å². The summed E-state index contributed by atoms with van der Waals surface area (Å²) in [5.41, 5.74) is 8.30. The predicted octanol–water partition coefficient (Wildman–Crippen LogP) is 4.42. The minimum Gasteiger partial charge on any atom is -0.383 e. The summed E-state index contributed by atoms with van der Waals surface area (Å²) in [5.74, 6) is 0.605. The smallest absolute Gasteiger partial charge is 0.213 e. The molecule has 3 rings (SSSR count). The molecule has 0 amide bonds. The minimum absolute atomic E-state index is 0.154. The number of halogens is 1. The van der Waals surface area contributed by atoms with Crippen LogP contribution in [-0.4, -0.2) is 14.8 Å². The first kappa shape index (κ1) is 14.5. The third kappa shape index (κ3) is 2.82. The lowest BCUT2D eigenvalue weighted by Crippen LogP contribution is -2.10. The van der Waals surface area contributed by atoms with Crippen molar-refractivity contribution in [2.45, 2.75) is 27.2 Å². The summed E-state index contributed by atoms with van der Waals surface area (Å²) in [6.45, 7) is 6.56. The van der Waals surface area contributed by atoms with Crippen LogP contribution in [0.15, 0.2) is 28.7 Å². The van der Waals surface area contributed by atoms with Crippen molar-refractivity contribution in [3.8, 4) is 5.13 Å². The van der Waals surface area contributed by atoms with Crippen LogP contribution in [0.3, 0.4) is 0 Å². The normalized spacial score (nSPS) is 12.2. The lowest BCUT2D eigenvalue weighted by molar-refractivity contribution is 0.404. The Balaban J connectivity index is 2.08. The van der Waals surface area contributed by atoms with Crippen molar-refractivity contribution in [1.82, 2.24) is 14.8 Å². The molecule has 2 aromatic heterocycles. The first-order valence-corrected chi connectivity index (χ1v) is 8.35. The van der Waals surface area contributed by atoms with Gasteiger partial charge in [0.2, 0.25) is 5.13 Å². The summed E-state index contributed by atoms with van der Waals surface area (Å²) < 4.78 is 3.74. The molecule has 0 atom stereocenters. The van der Waals surface area contributed by atoms with Gasteiger partial charge in [0.15, 0.2) is 0 Å². The van der Waals surface area contributed by atoms with Crippen molar-refractivity contribution < 1.29 is 0 Å². The standard InChI is InChI=1S/C15H17BrN4S/c1-15(2,3)8-10-12(16)13(17)20(19-10)14-18-9-6-4-5-7-11(9)21-14/h4-7H,8,17H2,1-3H3. The van der Waals surface area contributed by atoms with Gasteiger partial charge in [0.1, 0.15) is 5.82 Å². The summed E-state index contributed by atoms with van der Waals surface area (Å²) in [6, 6.07) is 8.05. The number of hydrogen-bond donors (Lipinski definition) is 1. The number of para-hydroxylation sites is 1. The second-order valence-electron chi connectivity index (χ2n) is 6.26. The highest BCUT2D eigenvalue weighted by Gasteiger charge is 2.21. The molecule has 110 valence electrons. The van der Waals surface area contributed by atoms with Crippen molar-refractivity contribution in [2.24, 2.45) is 5.41 Å². The molecule has 2 heterocycles. The van der Waals surface area contributed by atoms with E-state index in [1.807, 2.05) is 18.2 Å². The number of nitrogens with zero attached hydrogens (tertiary/aromatic N) is 3. The third-order valence-corrected chi connectivity index (χ3v) is 4.96. The molecule has 3 aromatic rings. The van der Waals surface area contributed by atoms with E-state index in [1.54, 1.807) is 16.0 Å². The maximum atomic E-state index is 6.20. The Morgan fingerprint density at radius 2 is 2.00 bits per heavy atom. The van der Waals surface area contributed by atoms with Crippen LogP contribution in [0.25, 0.3) is 15.3 Å². The molecule has 4 nitrogen and oxygen atoms in total. The fourth-order valence-corrected chi connectivity index (χ4v) is 3.49. The maximum Gasteiger partial charge on any atom is 0.213 e. The molecule has 1 aromatic carbocycles. The topological polar surface area (TPSA) is 56.7 Å². The Bertz CT molecular complexity index is 765. The van der Waals surface area contributed by atoms with Crippen LogP contribution in [0, 0.1) is 5.41 Å². The highest BCUT2D eigenvalue weighted by molar-refractivity contribution is 9.10.